The summed E-state index contributed by atoms with van der Waals surface area (Å²) in [6.07, 6.45) is 9.21. The zero-order chi connectivity index (χ0) is 14.8. The van der Waals surface area contributed by atoms with Gasteiger partial charge in [0.2, 0.25) is 0 Å². The molecule has 11 heteroatoms. The first kappa shape index (κ1) is 15.4. The van der Waals surface area contributed by atoms with Crippen LogP contribution in [0.2, 0.25) is 0 Å². The predicted molar refractivity (Wildman–Crippen MR) is 56.1 cm³/mol. The molecule has 2 aromatic heterocycles. The second kappa shape index (κ2) is 4.16. The summed E-state index contributed by atoms with van der Waals surface area (Å²) in [5.74, 6) is 0.693. The Balaban J connectivity index is 0.000000224. The van der Waals surface area contributed by atoms with Crippen LogP contribution in [0.4, 0.5) is 25.2 Å². The van der Waals surface area contributed by atoms with Crippen molar-refractivity contribution in [2.75, 3.05) is 0 Å². The van der Waals surface area contributed by atoms with Crippen LogP contribution in [0, 0.1) is 0 Å². The van der Waals surface area contributed by atoms with Gasteiger partial charge in [-0.1, -0.05) is 0 Å². The van der Waals surface area contributed by atoms with E-state index in [4.69, 9.17) is 0 Å². The van der Waals surface area contributed by atoms with E-state index in [-0.39, 0.29) is 0 Å². The van der Waals surface area contributed by atoms with Crippen molar-refractivity contribution in [1.82, 2.24) is 14.5 Å². The van der Waals surface area contributed by atoms with E-state index in [2.05, 4.69) is 9.97 Å². The Labute approximate surface area is 103 Å². The van der Waals surface area contributed by atoms with Gasteiger partial charge in [0, 0.05) is 12.4 Å². The number of aryl methyl sites for hydroxylation is 1. The van der Waals surface area contributed by atoms with Gasteiger partial charge >= 0.3 is 38.9 Å². The van der Waals surface area contributed by atoms with Crippen molar-refractivity contribution in [3.05, 3.63) is 37.2 Å². The molecule has 0 saturated carbocycles. The zero-order valence-electron chi connectivity index (χ0n) is 9.47. The Kier molecular flexibility index (Phi) is 3.36. The molecule has 2 aromatic rings. The molecule has 0 N–H and O–H groups in total. The Bertz CT molecular complexity index is 537. The van der Waals surface area contributed by atoms with Crippen LogP contribution >= 0.6 is 7.81 Å². The fourth-order valence-electron chi connectivity index (χ4n) is 0.993. The van der Waals surface area contributed by atoms with Crippen molar-refractivity contribution < 1.29 is 29.7 Å². The first-order chi connectivity index (χ1) is 8.31. The topological polar surface area (TPSA) is 34.6 Å². The third-order valence-corrected chi connectivity index (χ3v) is 1.55. The molecule has 0 unspecified atom stereocenters. The van der Waals surface area contributed by atoms with Crippen molar-refractivity contribution in [2.45, 2.75) is 0 Å². The minimum atomic E-state index is -10.7. The molecule has 2 rings (SSSR count). The molecule has 2 heterocycles. The second-order valence-corrected chi connectivity index (χ2v) is 5.41. The van der Waals surface area contributed by atoms with Gasteiger partial charge in [-0.25, -0.2) is 4.57 Å². The van der Waals surface area contributed by atoms with Crippen LogP contribution in [0.3, 0.4) is 0 Å². The van der Waals surface area contributed by atoms with E-state index in [0.29, 0.717) is 5.95 Å². The molecule has 0 aliphatic heterocycles. The number of hydrogen-bond donors (Lipinski definition) is 0. The Morgan fingerprint density at radius 1 is 1.05 bits per heavy atom. The van der Waals surface area contributed by atoms with Crippen LogP contribution in [-0.2, 0) is 7.05 Å². The summed E-state index contributed by atoms with van der Waals surface area (Å²) in [6, 6.07) is 1.80. The van der Waals surface area contributed by atoms with Gasteiger partial charge in [0.25, 0.3) is 6.33 Å². The summed E-state index contributed by atoms with van der Waals surface area (Å²) < 4.78 is 63.0. The van der Waals surface area contributed by atoms with Crippen molar-refractivity contribution in [1.29, 1.82) is 0 Å². The second-order valence-electron chi connectivity index (χ2n) is 3.49. The number of halogens is 6. The quantitative estimate of drug-likeness (QED) is 0.459. The number of nitrogens with zero attached hydrogens (tertiary/aromatic N) is 4. The summed E-state index contributed by atoms with van der Waals surface area (Å²) in [5.41, 5.74) is 0. The molecule has 0 spiro atoms. The van der Waals surface area contributed by atoms with Gasteiger partial charge in [0.1, 0.15) is 12.4 Å². The van der Waals surface area contributed by atoms with Crippen LogP contribution < -0.4 is 4.57 Å². The molecule has 0 atom stereocenters. The van der Waals surface area contributed by atoms with E-state index in [1.165, 1.54) is 0 Å². The van der Waals surface area contributed by atoms with E-state index in [1.54, 1.807) is 18.5 Å². The average Bonchev–Trinajstić information content (AvgIpc) is 2.61. The first-order valence-electron chi connectivity index (χ1n) is 4.68. The van der Waals surface area contributed by atoms with Crippen molar-refractivity contribution in [3.63, 3.8) is 0 Å². The Morgan fingerprint density at radius 3 is 1.89 bits per heavy atom. The predicted octanol–water partition coefficient (Wildman–Crippen LogP) is 3.47. The van der Waals surface area contributed by atoms with Crippen LogP contribution in [0.5, 0.6) is 0 Å². The third-order valence-electron chi connectivity index (χ3n) is 1.55. The van der Waals surface area contributed by atoms with E-state index in [1.807, 2.05) is 34.9 Å². The average molecular weight is 306 g/mol. The first-order valence-corrected chi connectivity index (χ1v) is 6.71. The summed E-state index contributed by atoms with van der Waals surface area (Å²) in [4.78, 5) is 8.20. The molecule has 0 aliphatic rings. The molecule has 0 saturated heterocycles. The van der Waals surface area contributed by atoms with Gasteiger partial charge < -0.3 is 0 Å². The van der Waals surface area contributed by atoms with Crippen LogP contribution in [0.25, 0.3) is 5.95 Å². The van der Waals surface area contributed by atoms with Gasteiger partial charge in [-0.15, -0.1) is 0 Å². The number of rotatable bonds is 1. The molecule has 108 valence electrons. The van der Waals surface area contributed by atoms with E-state index >= 15 is 0 Å². The maximum absolute atomic E-state index is 10.7. The molecule has 0 aromatic carbocycles. The number of imidazole rings is 1. The summed E-state index contributed by atoms with van der Waals surface area (Å²) in [7, 11) is -8.70. The van der Waals surface area contributed by atoms with Crippen molar-refractivity contribution >= 4 is 7.81 Å². The normalized spacial score (nSPS) is 14.9. The van der Waals surface area contributed by atoms with E-state index in [0.717, 1.165) is 0 Å². The molecule has 0 fully saturated rings. The summed E-state index contributed by atoms with van der Waals surface area (Å²) in [6.45, 7) is 0. The standard InChI is InChI=1S/C8H9N4.F6P/c1-11-5-6-12(7-11)8-9-3-2-4-10-8;1-7(2,3,4,5)6/h2-7H,1H3;/q+1;-1. The molecule has 0 amide bonds. The monoisotopic (exact) mass is 306 g/mol. The fourth-order valence-corrected chi connectivity index (χ4v) is 0.993. The third kappa shape index (κ3) is 8.95. The molecule has 0 bridgehead atoms. The van der Waals surface area contributed by atoms with Gasteiger partial charge in [0.15, 0.2) is 0 Å². The van der Waals surface area contributed by atoms with Crippen LogP contribution in [0.1, 0.15) is 0 Å². The van der Waals surface area contributed by atoms with E-state index < -0.39 is 7.81 Å². The maximum atomic E-state index is 9.87. The molecular weight excluding hydrogens is 297 g/mol. The van der Waals surface area contributed by atoms with Gasteiger partial charge in [-0.3, -0.25) is 0 Å². The zero-order valence-corrected chi connectivity index (χ0v) is 10.4. The van der Waals surface area contributed by atoms with Gasteiger partial charge in [-0.2, -0.15) is 14.5 Å². The molecular formula is C8H9F6N4P. The number of hydrogen-bond acceptors (Lipinski definition) is 2. The Morgan fingerprint density at radius 2 is 1.53 bits per heavy atom. The minimum absolute atomic E-state index is 0.693. The molecule has 19 heavy (non-hydrogen) atoms. The van der Waals surface area contributed by atoms with Gasteiger partial charge in [0.05, 0.1) is 7.05 Å². The summed E-state index contributed by atoms with van der Waals surface area (Å²) >= 11 is 0. The van der Waals surface area contributed by atoms with Crippen molar-refractivity contribution in [2.24, 2.45) is 7.05 Å². The van der Waals surface area contributed by atoms with Gasteiger partial charge in [-0.05, 0) is 6.07 Å². The molecule has 0 aliphatic carbocycles. The SMILES string of the molecule is C[n+]1ccn(-c2ncccn2)c1.F[P-](F)(F)(F)(F)F. The molecule has 4 nitrogen and oxygen atoms in total. The van der Waals surface area contributed by atoms with E-state index in [9.17, 15) is 25.2 Å². The Hall–Kier alpha value is -1.70. The number of aromatic nitrogens is 4. The fraction of sp³-hybridized carbons (Fsp3) is 0.125. The van der Waals surface area contributed by atoms with Crippen molar-refractivity contribution in [3.8, 4) is 5.95 Å². The summed E-state index contributed by atoms with van der Waals surface area (Å²) in [5, 5.41) is 0. The van der Waals surface area contributed by atoms with Crippen LogP contribution in [0.15, 0.2) is 37.2 Å². The molecule has 0 radical (unpaired) electrons. The van der Waals surface area contributed by atoms with Crippen LogP contribution in [-0.4, -0.2) is 14.5 Å².